The van der Waals surface area contributed by atoms with E-state index in [1.165, 1.54) is 19.3 Å². The predicted octanol–water partition coefficient (Wildman–Crippen LogP) is 3.31. The van der Waals surface area contributed by atoms with Gasteiger partial charge in [0.25, 0.3) is 0 Å². The maximum atomic E-state index is 12.3. The Kier molecular flexibility index (Phi) is 3.72. The molecule has 3 heteroatoms. The SMILES string of the molecule is CCOC(=O)C1(CC)OC12CCCCC2C(C)C. The van der Waals surface area contributed by atoms with E-state index in [0.29, 0.717) is 18.4 Å². The van der Waals surface area contributed by atoms with E-state index in [0.717, 1.165) is 12.8 Å². The van der Waals surface area contributed by atoms with Gasteiger partial charge in [-0.25, -0.2) is 4.79 Å². The minimum Gasteiger partial charge on any atom is -0.464 e. The van der Waals surface area contributed by atoms with Gasteiger partial charge in [0.1, 0.15) is 5.60 Å². The Labute approximate surface area is 110 Å². The zero-order valence-corrected chi connectivity index (χ0v) is 12.1. The number of rotatable bonds is 4. The Bertz CT molecular complexity index is 326. The summed E-state index contributed by atoms with van der Waals surface area (Å²) in [6.07, 6.45) is 5.36. The third-order valence-corrected chi connectivity index (χ3v) is 4.82. The fraction of sp³-hybridized carbons (Fsp3) is 0.933. The normalized spacial score (nSPS) is 39.1. The predicted molar refractivity (Wildman–Crippen MR) is 70.3 cm³/mol. The Morgan fingerprint density at radius 3 is 2.67 bits per heavy atom. The smallest absolute Gasteiger partial charge is 0.341 e. The largest absolute Gasteiger partial charge is 0.464 e. The van der Waals surface area contributed by atoms with Gasteiger partial charge >= 0.3 is 5.97 Å². The molecule has 1 aliphatic heterocycles. The summed E-state index contributed by atoms with van der Waals surface area (Å²) in [5.41, 5.74) is -0.862. The molecule has 3 nitrogen and oxygen atoms in total. The number of hydrogen-bond donors (Lipinski definition) is 0. The van der Waals surface area contributed by atoms with E-state index < -0.39 is 5.60 Å². The molecule has 0 aromatic rings. The molecule has 2 fully saturated rings. The van der Waals surface area contributed by atoms with Crippen LogP contribution in [0.3, 0.4) is 0 Å². The van der Waals surface area contributed by atoms with Crippen molar-refractivity contribution in [2.45, 2.75) is 71.0 Å². The first-order valence-corrected chi connectivity index (χ1v) is 7.41. The quantitative estimate of drug-likeness (QED) is 0.570. The maximum absolute atomic E-state index is 12.3. The first-order chi connectivity index (χ1) is 8.54. The molecular formula is C15H26O3. The van der Waals surface area contributed by atoms with E-state index in [-0.39, 0.29) is 11.6 Å². The summed E-state index contributed by atoms with van der Waals surface area (Å²) in [4.78, 5) is 12.3. The molecule has 2 aliphatic rings. The van der Waals surface area contributed by atoms with Crippen molar-refractivity contribution in [3.63, 3.8) is 0 Å². The molecule has 1 aliphatic carbocycles. The Morgan fingerprint density at radius 1 is 1.39 bits per heavy atom. The molecular weight excluding hydrogens is 228 g/mol. The Hall–Kier alpha value is -0.570. The van der Waals surface area contributed by atoms with Crippen molar-refractivity contribution in [3.8, 4) is 0 Å². The molecule has 0 amide bonds. The van der Waals surface area contributed by atoms with E-state index in [1.807, 2.05) is 13.8 Å². The van der Waals surface area contributed by atoms with Crippen LogP contribution >= 0.6 is 0 Å². The highest BCUT2D eigenvalue weighted by Gasteiger charge is 2.77. The van der Waals surface area contributed by atoms with Crippen LogP contribution in [-0.2, 0) is 14.3 Å². The number of carbonyl (C=O) groups excluding carboxylic acids is 1. The topological polar surface area (TPSA) is 38.8 Å². The average Bonchev–Trinajstić information content (AvgIpc) is 2.99. The number of epoxide rings is 1. The standard InChI is InChI=1S/C15H26O3/c1-5-14(13(16)17-6-2)15(18-14)10-8-7-9-12(15)11(3)4/h11-12H,5-10H2,1-4H3. The van der Waals surface area contributed by atoms with Gasteiger partial charge in [0.05, 0.1) is 6.61 Å². The molecule has 2 rings (SSSR count). The fourth-order valence-electron chi connectivity index (χ4n) is 3.93. The third-order valence-electron chi connectivity index (χ3n) is 4.82. The summed E-state index contributed by atoms with van der Waals surface area (Å²) in [7, 11) is 0. The number of esters is 1. The van der Waals surface area contributed by atoms with Crippen molar-refractivity contribution in [3.05, 3.63) is 0 Å². The Morgan fingerprint density at radius 2 is 2.11 bits per heavy atom. The molecule has 0 bridgehead atoms. The second-order valence-corrected chi connectivity index (χ2v) is 5.99. The van der Waals surface area contributed by atoms with Crippen molar-refractivity contribution in [1.82, 2.24) is 0 Å². The van der Waals surface area contributed by atoms with Crippen LogP contribution < -0.4 is 0 Å². The zero-order chi connectivity index (χ0) is 13.4. The van der Waals surface area contributed by atoms with Crippen LogP contribution in [0.25, 0.3) is 0 Å². The molecule has 1 saturated carbocycles. The molecule has 1 saturated heterocycles. The van der Waals surface area contributed by atoms with E-state index in [9.17, 15) is 4.79 Å². The minimum atomic E-state index is -0.641. The lowest BCUT2D eigenvalue weighted by molar-refractivity contribution is -0.149. The lowest BCUT2D eigenvalue weighted by atomic mass is 9.67. The zero-order valence-electron chi connectivity index (χ0n) is 12.1. The van der Waals surface area contributed by atoms with Crippen LogP contribution in [0.2, 0.25) is 0 Å². The van der Waals surface area contributed by atoms with Gasteiger partial charge in [-0.05, 0) is 38.0 Å². The third kappa shape index (κ3) is 1.78. The molecule has 0 radical (unpaired) electrons. The van der Waals surface area contributed by atoms with Crippen LogP contribution in [0, 0.1) is 11.8 Å². The molecule has 104 valence electrons. The first-order valence-electron chi connectivity index (χ1n) is 7.41. The maximum Gasteiger partial charge on any atom is 0.341 e. The summed E-state index contributed by atoms with van der Waals surface area (Å²) in [6, 6.07) is 0. The van der Waals surface area contributed by atoms with Gasteiger partial charge in [-0.15, -0.1) is 0 Å². The van der Waals surface area contributed by atoms with Gasteiger partial charge < -0.3 is 9.47 Å². The number of hydrogen-bond acceptors (Lipinski definition) is 3. The molecule has 1 heterocycles. The van der Waals surface area contributed by atoms with E-state index in [1.54, 1.807) is 0 Å². The minimum absolute atomic E-state index is 0.139. The van der Waals surface area contributed by atoms with Gasteiger partial charge in [0.2, 0.25) is 0 Å². The van der Waals surface area contributed by atoms with E-state index >= 15 is 0 Å². The van der Waals surface area contributed by atoms with Crippen LogP contribution in [0.1, 0.15) is 59.8 Å². The van der Waals surface area contributed by atoms with Crippen LogP contribution in [0.5, 0.6) is 0 Å². The second kappa shape index (κ2) is 4.84. The van der Waals surface area contributed by atoms with Gasteiger partial charge in [-0.2, -0.15) is 0 Å². The van der Waals surface area contributed by atoms with Crippen molar-refractivity contribution in [1.29, 1.82) is 0 Å². The molecule has 3 atom stereocenters. The highest BCUT2D eigenvalue weighted by molar-refractivity contribution is 5.85. The lowest BCUT2D eigenvalue weighted by Crippen LogP contribution is -2.43. The van der Waals surface area contributed by atoms with Crippen LogP contribution in [0.15, 0.2) is 0 Å². The summed E-state index contributed by atoms with van der Waals surface area (Å²) >= 11 is 0. The summed E-state index contributed by atoms with van der Waals surface area (Å²) in [5, 5.41) is 0. The van der Waals surface area contributed by atoms with Crippen molar-refractivity contribution in [2.24, 2.45) is 11.8 Å². The molecule has 0 aromatic carbocycles. The monoisotopic (exact) mass is 254 g/mol. The fourth-order valence-corrected chi connectivity index (χ4v) is 3.93. The van der Waals surface area contributed by atoms with E-state index in [2.05, 4.69) is 13.8 Å². The summed E-state index contributed by atoms with van der Waals surface area (Å²) in [5.74, 6) is 0.920. The highest BCUT2D eigenvalue weighted by atomic mass is 16.7. The molecule has 0 aromatic heterocycles. The highest BCUT2D eigenvalue weighted by Crippen LogP contribution is 2.63. The summed E-state index contributed by atoms with van der Waals surface area (Å²) < 4.78 is 11.3. The lowest BCUT2D eigenvalue weighted by Gasteiger charge is -2.34. The van der Waals surface area contributed by atoms with Crippen molar-refractivity contribution in [2.75, 3.05) is 6.61 Å². The van der Waals surface area contributed by atoms with E-state index in [4.69, 9.17) is 9.47 Å². The Balaban J connectivity index is 2.23. The average molecular weight is 254 g/mol. The number of carbonyl (C=O) groups is 1. The van der Waals surface area contributed by atoms with Gasteiger partial charge in [0, 0.05) is 0 Å². The number of ether oxygens (including phenoxy) is 2. The molecule has 0 N–H and O–H groups in total. The van der Waals surface area contributed by atoms with Gasteiger partial charge in [0.15, 0.2) is 5.60 Å². The van der Waals surface area contributed by atoms with Gasteiger partial charge in [-0.1, -0.05) is 33.6 Å². The van der Waals surface area contributed by atoms with Crippen LogP contribution in [0.4, 0.5) is 0 Å². The molecule has 1 spiro atoms. The van der Waals surface area contributed by atoms with Gasteiger partial charge in [-0.3, -0.25) is 0 Å². The molecule has 18 heavy (non-hydrogen) atoms. The van der Waals surface area contributed by atoms with Crippen LogP contribution in [-0.4, -0.2) is 23.8 Å². The molecule has 3 unspecified atom stereocenters. The first kappa shape index (κ1) is 13.9. The van der Waals surface area contributed by atoms with Crippen molar-refractivity contribution >= 4 is 5.97 Å². The van der Waals surface area contributed by atoms with Crippen molar-refractivity contribution < 1.29 is 14.3 Å². The summed E-state index contributed by atoms with van der Waals surface area (Å²) in [6.45, 7) is 8.82. The second-order valence-electron chi connectivity index (χ2n) is 5.99.